The van der Waals surface area contributed by atoms with Gasteiger partial charge in [-0.2, -0.15) is 0 Å². The van der Waals surface area contributed by atoms with E-state index in [0.717, 1.165) is 20.4 Å². The highest BCUT2D eigenvalue weighted by molar-refractivity contribution is 5.68. The highest BCUT2D eigenvalue weighted by Crippen LogP contribution is 1.97. The van der Waals surface area contributed by atoms with Crippen molar-refractivity contribution in [3.63, 3.8) is 0 Å². The van der Waals surface area contributed by atoms with Crippen LogP contribution in [0.15, 0.2) is 15.9 Å². The summed E-state index contributed by atoms with van der Waals surface area (Å²) < 4.78 is 16.5. The molecule has 68 valence electrons. The van der Waals surface area contributed by atoms with Crippen molar-refractivity contribution < 1.29 is 2.78 Å². The molecule has 0 atom stereocenters. The predicted octanol–water partition coefficient (Wildman–Crippen LogP) is -1.04. The maximum Gasteiger partial charge on any atom is 0.332 e. The summed E-state index contributed by atoms with van der Waals surface area (Å²) in [5, 5.41) is 0. The second-order valence-electron chi connectivity index (χ2n) is 2.62. The van der Waals surface area contributed by atoms with E-state index >= 15 is 0 Å². The molecule has 2 rings (SSSR count). The lowest BCUT2D eigenvalue weighted by Gasteiger charge is -2.00. The summed E-state index contributed by atoms with van der Waals surface area (Å²) in [7, 11) is 0.976. The molecule has 0 unspecified atom stereocenters. The van der Waals surface area contributed by atoms with Crippen LogP contribution < -0.4 is 11.2 Å². The fraction of sp³-hybridized carbons (Fsp3) is 0.286. The van der Waals surface area contributed by atoms with E-state index in [4.69, 9.17) is 2.78 Å². The van der Waals surface area contributed by atoms with Crippen LogP contribution in [0.1, 0.15) is 1.37 Å². The lowest BCUT2D eigenvalue weighted by Crippen LogP contribution is -2.36. The van der Waals surface area contributed by atoms with Gasteiger partial charge < -0.3 is 4.98 Å². The summed E-state index contributed by atoms with van der Waals surface area (Å²) in [6.45, 7) is 0. The Kier molecular flexibility index (Phi) is 1.02. The number of nitrogens with one attached hydrogen (secondary N) is 1. The number of rotatable bonds is 0. The van der Waals surface area contributed by atoms with E-state index in [2.05, 4.69) is 4.98 Å². The van der Waals surface area contributed by atoms with Gasteiger partial charge in [0.1, 0.15) is 5.52 Å². The molecule has 0 saturated heterocycles. The third-order valence-electron chi connectivity index (χ3n) is 1.86. The Balaban J connectivity index is 3.14. The van der Waals surface area contributed by atoms with Crippen molar-refractivity contribution in [3.05, 3.63) is 27.2 Å². The number of aromatic amines is 1. The number of nitrogens with zero attached hydrogens (tertiary/aromatic N) is 3. The largest absolute Gasteiger partial charge is 0.339 e. The minimum Gasteiger partial charge on any atom is -0.339 e. The Hall–Kier alpha value is -1.85. The smallest absolute Gasteiger partial charge is 0.332 e. The minimum absolute atomic E-state index is 0.00403. The zero-order valence-corrected chi connectivity index (χ0v) is 6.89. The van der Waals surface area contributed by atoms with E-state index in [9.17, 15) is 9.59 Å². The summed E-state index contributed by atoms with van der Waals surface area (Å²) in [4.78, 5) is 27.7. The molecular weight excluding hydrogens is 172 g/mol. The molecule has 2 aromatic rings. The third-order valence-corrected chi connectivity index (χ3v) is 1.86. The first-order valence-corrected chi connectivity index (χ1v) is 3.53. The number of aromatic nitrogens is 4. The number of hydrogen-bond acceptors (Lipinski definition) is 3. The first-order chi connectivity index (χ1) is 7.07. The van der Waals surface area contributed by atoms with Gasteiger partial charge in [-0.05, 0) is 0 Å². The van der Waals surface area contributed by atoms with Gasteiger partial charge in [-0.25, -0.2) is 9.78 Å². The maximum absolute atomic E-state index is 11.6. The van der Waals surface area contributed by atoms with Crippen LogP contribution in [0.3, 0.4) is 0 Å². The second-order valence-corrected chi connectivity index (χ2v) is 2.62. The number of fused-ring (bicyclic) bond motifs is 1. The van der Waals surface area contributed by atoms with Crippen LogP contribution in [0.5, 0.6) is 0 Å². The van der Waals surface area contributed by atoms with Gasteiger partial charge in [0.05, 0.1) is 6.33 Å². The molecule has 6 heteroatoms. The molecule has 6 nitrogen and oxygen atoms in total. The predicted molar refractivity (Wildman–Crippen MR) is 46.6 cm³/mol. The van der Waals surface area contributed by atoms with Crippen LogP contribution >= 0.6 is 0 Å². The number of hydrogen-bond donors (Lipinski definition) is 1. The topological polar surface area (TPSA) is 72.7 Å². The fourth-order valence-electron chi connectivity index (χ4n) is 1.13. The summed E-state index contributed by atoms with van der Waals surface area (Å²) in [6.07, 6.45) is 1.12. The van der Waals surface area contributed by atoms with Crippen LogP contribution in [0.4, 0.5) is 0 Å². The summed E-state index contributed by atoms with van der Waals surface area (Å²) >= 11 is 0. The maximum atomic E-state index is 11.6. The van der Waals surface area contributed by atoms with Gasteiger partial charge in [-0.1, -0.05) is 0 Å². The molecule has 0 aliphatic carbocycles. The van der Waals surface area contributed by atoms with Crippen LogP contribution in [-0.4, -0.2) is 19.1 Å². The summed E-state index contributed by atoms with van der Waals surface area (Å²) in [5.41, 5.74) is -1.09. The average molecular weight is 182 g/mol. The Morgan fingerprint density at radius 3 is 3.08 bits per heavy atom. The van der Waals surface area contributed by atoms with Crippen molar-refractivity contribution >= 4 is 11.2 Å². The fourth-order valence-corrected chi connectivity index (χ4v) is 1.13. The molecule has 1 N–H and O–H groups in total. The van der Waals surface area contributed by atoms with E-state index in [-0.39, 0.29) is 18.2 Å². The van der Waals surface area contributed by atoms with Crippen LogP contribution in [0.25, 0.3) is 11.2 Å². The van der Waals surface area contributed by atoms with Gasteiger partial charge >= 0.3 is 5.69 Å². The first kappa shape index (κ1) is 5.74. The summed E-state index contributed by atoms with van der Waals surface area (Å²) in [6, 6.07) is 0. The Labute approximate surface area is 75.3 Å². The molecule has 0 amide bonds. The Bertz CT molecular complexity index is 639. The standard InChI is InChI=1S/C7H8N4O2/c1-10-5-4(8-3-9-5)6(12)11(2)7(10)13/h3H,1-2H3,(H,8,9)/i1D/hD. The molecule has 13 heavy (non-hydrogen) atoms. The van der Waals surface area contributed by atoms with Crippen molar-refractivity contribution in [2.75, 3.05) is 0 Å². The Morgan fingerprint density at radius 1 is 1.62 bits per heavy atom. The van der Waals surface area contributed by atoms with Crippen LogP contribution in [0, 0.1) is 0 Å². The number of H-pyrrole nitrogens is 1. The lowest BCUT2D eigenvalue weighted by atomic mass is 10.5. The van der Waals surface area contributed by atoms with Crippen molar-refractivity contribution in [1.29, 1.82) is 0 Å². The molecule has 0 spiro atoms. The average Bonchev–Trinajstić information content (AvgIpc) is 2.58. The van der Waals surface area contributed by atoms with Crippen LogP contribution in [-0.2, 0) is 14.1 Å². The zero-order chi connectivity index (χ0) is 11.2. The van der Waals surface area contributed by atoms with E-state index in [1.54, 1.807) is 0 Å². The Morgan fingerprint density at radius 2 is 2.38 bits per heavy atom. The molecule has 2 aromatic heterocycles. The van der Waals surface area contributed by atoms with E-state index in [0.29, 0.717) is 0 Å². The monoisotopic (exact) mass is 182 g/mol. The van der Waals surface area contributed by atoms with Crippen LogP contribution in [0.2, 0.25) is 1.41 Å². The van der Waals surface area contributed by atoms with Gasteiger partial charge in [0.2, 0.25) is 0 Å². The van der Waals surface area contributed by atoms with E-state index < -0.39 is 11.2 Å². The number of aryl methyl sites for hydroxylation is 1. The molecular formula is C7H8N4O2. The van der Waals surface area contributed by atoms with Gasteiger partial charge in [0.25, 0.3) is 5.56 Å². The lowest BCUT2D eigenvalue weighted by molar-refractivity contribution is 0.709. The molecule has 2 heterocycles. The minimum atomic E-state index is -0.596. The van der Waals surface area contributed by atoms with Gasteiger partial charge in [-0.15, -0.1) is 0 Å². The highest BCUT2D eigenvalue weighted by Gasteiger charge is 2.08. The molecule has 0 aromatic carbocycles. The van der Waals surface area contributed by atoms with Crippen molar-refractivity contribution in [2.24, 2.45) is 14.1 Å². The molecule has 0 fully saturated rings. The molecule has 0 bridgehead atoms. The van der Waals surface area contributed by atoms with E-state index in [1.807, 2.05) is 0 Å². The van der Waals surface area contributed by atoms with Gasteiger partial charge in [0.15, 0.2) is 7.06 Å². The van der Waals surface area contributed by atoms with Gasteiger partial charge in [0, 0.05) is 15.4 Å². The first-order valence-electron chi connectivity index (χ1n) is 4.68. The SMILES string of the molecule is [2H]Cn1c(=O)n(C)c(=O)c2c1ncn2[2H]. The molecule has 0 aliphatic heterocycles. The van der Waals surface area contributed by atoms with E-state index in [1.165, 1.54) is 7.05 Å². The quantitative estimate of drug-likeness (QED) is 0.565. The molecule has 0 aliphatic rings. The van der Waals surface area contributed by atoms with Gasteiger partial charge in [-0.3, -0.25) is 13.9 Å². The highest BCUT2D eigenvalue weighted by atomic mass is 16.2. The van der Waals surface area contributed by atoms with Crippen molar-refractivity contribution in [2.45, 2.75) is 0 Å². The normalized spacial score (nSPS) is 13.0. The molecule has 0 radical (unpaired) electrons. The third kappa shape index (κ3) is 0.851. The molecule has 0 saturated carbocycles. The number of imidazole rings is 1. The van der Waals surface area contributed by atoms with Crippen molar-refractivity contribution in [1.82, 2.24) is 19.1 Å². The second kappa shape index (κ2) is 2.32. The van der Waals surface area contributed by atoms with Crippen molar-refractivity contribution in [3.8, 4) is 0 Å². The zero-order valence-electron chi connectivity index (χ0n) is 8.89. The summed E-state index contributed by atoms with van der Waals surface area (Å²) in [5.74, 6) is 0.